The third-order valence-corrected chi connectivity index (χ3v) is 6.97. The van der Waals surface area contributed by atoms with E-state index in [2.05, 4.69) is 56.5 Å². The van der Waals surface area contributed by atoms with Gasteiger partial charge in [0.1, 0.15) is 17.3 Å². The predicted octanol–water partition coefficient (Wildman–Crippen LogP) is 7.85. The van der Waals surface area contributed by atoms with Crippen molar-refractivity contribution in [3.8, 4) is 28.3 Å². The van der Waals surface area contributed by atoms with Crippen LogP contribution in [0.1, 0.15) is 55.6 Å². The molecule has 0 amide bonds. The third-order valence-electron chi connectivity index (χ3n) is 6.97. The number of carboxylic acid groups (broad SMARTS) is 1. The monoisotopic (exact) mass is 523 g/mol. The number of carbonyl (C=O) groups is 1. The van der Waals surface area contributed by atoms with Crippen LogP contribution in [0.5, 0.6) is 5.75 Å². The Labute approximate surface area is 228 Å². The van der Waals surface area contributed by atoms with Gasteiger partial charge >= 0.3 is 6.16 Å². The topological polar surface area (TPSA) is 90.4 Å². The van der Waals surface area contributed by atoms with Crippen LogP contribution in [0, 0.1) is 6.92 Å². The zero-order valence-electron chi connectivity index (χ0n) is 22.8. The van der Waals surface area contributed by atoms with Gasteiger partial charge in [0, 0.05) is 30.5 Å². The molecule has 0 fully saturated rings. The van der Waals surface area contributed by atoms with Gasteiger partial charge in [0.15, 0.2) is 0 Å². The molecule has 0 unspecified atom stereocenters. The summed E-state index contributed by atoms with van der Waals surface area (Å²) in [5.74, 6) is 2.97. The first kappa shape index (κ1) is 26.2. The number of rotatable bonds is 9. The van der Waals surface area contributed by atoms with Gasteiger partial charge in [-0.1, -0.05) is 63.2 Å². The number of para-hydroxylation sites is 1. The van der Waals surface area contributed by atoms with E-state index in [4.69, 9.17) is 24.2 Å². The van der Waals surface area contributed by atoms with Crippen molar-refractivity contribution in [2.24, 2.45) is 0 Å². The zero-order valence-corrected chi connectivity index (χ0v) is 22.8. The van der Waals surface area contributed by atoms with E-state index in [9.17, 15) is 4.79 Å². The van der Waals surface area contributed by atoms with Crippen molar-refractivity contribution >= 4 is 17.2 Å². The van der Waals surface area contributed by atoms with E-state index in [1.54, 1.807) is 12.1 Å². The highest BCUT2D eigenvalue weighted by molar-refractivity contribution is 5.84. The van der Waals surface area contributed by atoms with E-state index in [1.807, 2.05) is 24.3 Å². The average molecular weight is 524 g/mol. The third kappa shape index (κ3) is 5.30. The van der Waals surface area contributed by atoms with Gasteiger partial charge in [0.25, 0.3) is 0 Å². The maximum atomic E-state index is 11.1. The molecule has 39 heavy (non-hydrogen) atoms. The van der Waals surface area contributed by atoms with Crippen LogP contribution < -0.4 is 4.74 Å². The van der Waals surface area contributed by atoms with Gasteiger partial charge in [0.05, 0.1) is 16.7 Å². The molecular formula is C32H33N3O4. The van der Waals surface area contributed by atoms with Crippen molar-refractivity contribution in [2.45, 2.75) is 59.9 Å². The van der Waals surface area contributed by atoms with Crippen LogP contribution in [0.15, 0.2) is 65.1 Å². The first-order chi connectivity index (χ1) is 18.9. The molecule has 0 radical (unpaired) electrons. The van der Waals surface area contributed by atoms with Gasteiger partial charge in [-0.25, -0.2) is 14.8 Å². The first-order valence-electron chi connectivity index (χ1n) is 13.5. The second-order valence-electron chi connectivity index (χ2n) is 9.68. The first-order valence-corrected chi connectivity index (χ1v) is 13.5. The van der Waals surface area contributed by atoms with Crippen LogP contribution in [0.2, 0.25) is 0 Å². The molecule has 5 rings (SSSR count). The average Bonchev–Trinajstić information content (AvgIpc) is 3.51. The Morgan fingerprint density at radius 3 is 2.41 bits per heavy atom. The van der Waals surface area contributed by atoms with Crippen LogP contribution >= 0.6 is 0 Å². The van der Waals surface area contributed by atoms with Crippen LogP contribution in [-0.4, -0.2) is 25.8 Å². The van der Waals surface area contributed by atoms with Gasteiger partial charge < -0.3 is 18.8 Å². The highest BCUT2D eigenvalue weighted by Gasteiger charge is 2.18. The molecule has 0 aliphatic rings. The lowest BCUT2D eigenvalue weighted by atomic mass is 10.0. The summed E-state index contributed by atoms with van der Waals surface area (Å²) in [6.07, 6.45) is 2.20. The number of ether oxygens (including phenoxy) is 1. The number of fused-ring (bicyclic) bond motifs is 1. The van der Waals surface area contributed by atoms with Crippen molar-refractivity contribution in [3.05, 3.63) is 89.1 Å². The lowest BCUT2D eigenvalue weighted by molar-refractivity contribution is 0.144. The fourth-order valence-corrected chi connectivity index (χ4v) is 5.07. The van der Waals surface area contributed by atoms with Gasteiger partial charge in [-0.2, -0.15) is 0 Å². The summed E-state index contributed by atoms with van der Waals surface area (Å²) in [5, 5.41) is 9.09. The van der Waals surface area contributed by atoms with Crippen LogP contribution in [-0.2, 0) is 25.8 Å². The number of benzene rings is 3. The second kappa shape index (κ2) is 11.2. The molecule has 0 aliphatic heterocycles. The number of aryl methyl sites for hydroxylation is 4. The van der Waals surface area contributed by atoms with Crippen LogP contribution in [0.3, 0.4) is 0 Å². The molecular weight excluding hydrogens is 490 g/mol. The van der Waals surface area contributed by atoms with Gasteiger partial charge in [-0.3, -0.25) is 0 Å². The fraction of sp³-hybridized carbons (Fsp3) is 0.281. The summed E-state index contributed by atoms with van der Waals surface area (Å²) in [4.78, 5) is 20.9. The van der Waals surface area contributed by atoms with E-state index in [0.29, 0.717) is 18.2 Å². The number of hydrogen-bond acceptors (Lipinski definition) is 5. The Bertz CT molecular complexity index is 1610. The molecule has 0 aliphatic carbocycles. The minimum Gasteiger partial charge on any atom is -0.449 e. The van der Waals surface area contributed by atoms with Crippen molar-refractivity contribution in [2.75, 3.05) is 0 Å². The number of hydrogen-bond donors (Lipinski definition) is 1. The lowest BCUT2D eigenvalue weighted by Crippen LogP contribution is -2.05. The second-order valence-corrected chi connectivity index (χ2v) is 9.68. The summed E-state index contributed by atoms with van der Waals surface area (Å²) < 4.78 is 13.4. The van der Waals surface area contributed by atoms with Crippen molar-refractivity contribution in [1.29, 1.82) is 0 Å². The predicted molar refractivity (Wildman–Crippen MR) is 152 cm³/mol. The molecule has 0 spiro atoms. The Kier molecular flexibility index (Phi) is 7.50. The van der Waals surface area contributed by atoms with Crippen LogP contribution in [0.4, 0.5) is 4.79 Å². The van der Waals surface area contributed by atoms with Gasteiger partial charge in [-0.05, 0) is 54.7 Å². The van der Waals surface area contributed by atoms with Crippen molar-refractivity contribution in [1.82, 2.24) is 14.5 Å². The molecule has 0 saturated heterocycles. The normalized spacial score (nSPS) is 11.3. The molecule has 0 saturated carbocycles. The standard InChI is InChI=1S/C32H33N3O4/c1-5-10-29-34-30-20(4)17-23(31-33-25(6-2)27(7-3)38-31)18-26(30)35(29)19-21-13-15-22(16-14-21)24-11-8-9-12-28(24)39-32(36)37/h8-9,11-18H,5-7,10,19H2,1-4H3,(H,36,37). The summed E-state index contributed by atoms with van der Waals surface area (Å²) in [6.45, 7) is 9.11. The highest BCUT2D eigenvalue weighted by atomic mass is 16.7. The summed E-state index contributed by atoms with van der Waals surface area (Å²) in [7, 11) is 0. The number of aromatic nitrogens is 3. The zero-order chi connectivity index (χ0) is 27.5. The highest BCUT2D eigenvalue weighted by Crippen LogP contribution is 2.32. The Morgan fingerprint density at radius 2 is 1.74 bits per heavy atom. The molecule has 200 valence electrons. The van der Waals surface area contributed by atoms with E-state index in [-0.39, 0.29) is 0 Å². The molecule has 5 aromatic rings. The molecule has 7 heteroatoms. The smallest absolute Gasteiger partial charge is 0.449 e. The molecule has 3 aromatic carbocycles. The van der Waals surface area contributed by atoms with E-state index in [1.165, 1.54) is 0 Å². The Balaban J connectivity index is 1.53. The molecule has 2 aromatic heterocycles. The fourth-order valence-electron chi connectivity index (χ4n) is 5.07. The quantitative estimate of drug-likeness (QED) is 0.156. The largest absolute Gasteiger partial charge is 0.511 e. The van der Waals surface area contributed by atoms with Gasteiger partial charge in [0.2, 0.25) is 5.89 Å². The maximum Gasteiger partial charge on any atom is 0.511 e. The summed E-state index contributed by atoms with van der Waals surface area (Å²) in [5.41, 5.74) is 7.87. The minimum atomic E-state index is -1.33. The maximum absolute atomic E-state index is 11.1. The summed E-state index contributed by atoms with van der Waals surface area (Å²) >= 11 is 0. The Morgan fingerprint density at radius 1 is 0.974 bits per heavy atom. The molecule has 2 heterocycles. The number of oxazole rings is 1. The molecule has 0 atom stereocenters. The van der Waals surface area contributed by atoms with E-state index in [0.717, 1.165) is 81.8 Å². The SMILES string of the molecule is CCCc1nc2c(C)cc(-c3nc(CC)c(CC)o3)cc2n1Cc1ccc(-c2ccccc2OC(=O)O)cc1. The molecule has 7 nitrogen and oxygen atoms in total. The molecule has 0 bridgehead atoms. The van der Waals surface area contributed by atoms with E-state index >= 15 is 0 Å². The lowest BCUT2D eigenvalue weighted by Gasteiger charge is -2.12. The summed E-state index contributed by atoms with van der Waals surface area (Å²) in [6, 6.07) is 19.5. The van der Waals surface area contributed by atoms with E-state index < -0.39 is 6.16 Å². The number of nitrogens with zero attached hydrogens (tertiary/aromatic N) is 3. The Hall–Kier alpha value is -4.39. The van der Waals surface area contributed by atoms with Crippen LogP contribution in [0.25, 0.3) is 33.6 Å². The van der Waals surface area contributed by atoms with Gasteiger partial charge in [-0.15, -0.1) is 0 Å². The minimum absolute atomic E-state index is 0.315. The van der Waals surface area contributed by atoms with Crippen molar-refractivity contribution in [3.63, 3.8) is 0 Å². The number of imidazole rings is 1. The van der Waals surface area contributed by atoms with Crippen molar-refractivity contribution < 1.29 is 19.1 Å². The molecule has 1 N–H and O–H groups in total.